The van der Waals surface area contributed by atoms with E-state index >= 15 is 0 Å². The lowest BCUT2D eigenvalue weighted by atomic mass is 9.89. The summed E-state index contributed by atoms with van der Waals surface area (Å²) in [7, 11) is 0. The molecule has 5 rings (SSSR count). The van der Waals surface area contributed by atoms with E-state index in [-0.39, 0.29) is 5.82 Å². The number of nitrogens with zero attached hydrogens (tertiary/aromatic N) is 2. The number of ether oxygens (including phenoxy) is 2. The Morgan fingerprint density at radius 3 is 2.89 bits per heavy atom. The number of anilines is 1. The molecule has 1 fully saturated rings. The zero-order chi connectivity index (χ0) is 18.2. The molecule has 1 unspecified atom stereocenters. The summed E-state index contributed by atoms with van der Waals surface area (Å²) >= 11 is 0. The van der Waals surface area contributed by atoms with Crippen LogP contribution in [0.5, 0.6) is 11.5 Å². The van der Waals surface area contributed by atoms with E-state index in [9.17, 15) is 4.39 Å². The van der Waals surface area contributed by atoms with Gasteiger partial charge in [0.1, 0.15) is 23.9 Å². The van der Waals surface area contributed by atoms with Gasteiger partial charge in [-0.15, -0.1) is 0 Å². The molecule has 142 valence electrons. The third-order valence-electron chi connectivity index (χ3n) is 6.07. The van der Waals surface area contributed by atoms with Crippen molar-refractivity contribution in [3.8, 4) is 11.5 Å². The van der Waals surface area contributed by atoms with Crippen LogP contribution in [0.25, 0.3) is 0 Å². The van der Waals surface area contributed by atoms with Gasteiger partial charge in [-0.25, -0.2) is 4.39 Å². The molecule has 0 N–H and O–H groups in total. The van der Waals surface area contributed by atoms with Crippen LogP contribution in [0.4, 0.5) is 10.1 Å². The topological polar surface area (TPSA) is 24.9 Å². The molecule has 27 heavy (non-hydrogen) atoms. The minimum atomic E-state index is -0.228. The molecule has 2 atom stereocenters. The van der Waals surface area contributed by atoms with Gasteiger partial charge >= 0.3 is 0 Å². The molecule has 3 aliphatic heterocycles. The first-order chi connectivity index (χ1) is 13.3. The molecule has 5 heteroatoms. The minimum absolute atomic E-state index is 0.228. The lowest BCUT2D eigenvalue weighted by Gasteiger charge is -2.40. The summed E-state index contributed by atoms with van der Waals surface area (Å²) in [5.74, 6) is 2.15. The fourth-order valence-corrected chi connectivity index (χ4v) is 4.86. The van der Waals surface area contributed by atoms with E-state index in [0.717, 1.165) is 50.7 Å². The largest absolute Gasteiger partial charge is 0.494 e. The predicted octanol–water partition coefficient (Wildman–Crippen LogP) is 3.67. The highest BCUT2D eigenvalue weighted by Gasteiger charge is 2.44. The number of hydrogen-bond acceptors (Lipinski definition) is 4. The van der Waals surface area contributed by atoms with Gasteiger partial charge in [0, 0.05) is 31.6 Å². The molecule has 2 aromatic rings. The van der Waals surface area contributed by atoms with Gasteiger partial charge in [0.2, 0.25) is 0 Å². The van der Waals surface area contributed by atoms with Crippen molar-refractivity contribution >= 4 is 5.69 Å². The van der Waals surface area contributed by atoms with Crippen molar-refractivity contribution in [1.29, 1.82) is 0 Å². The Morgan fingerprint density at radius 2 is 2.00 bits per heavy atom. The molecule has 1 saturated heterocycles. The van der Waals surface area contributed by atoms with Crippen molar-refractivity contribution in [2.24, 2.45) is 0 Å². The number of fused-ring (bicyclic) bond motifs is 3. The van der Waals surface area contributed by atoms with Crippen LogP contribution >= 0.6 is 0 Å². The number of hydrogen-bond donors (Lipinski definition) is 0. The van der Waals surface area contributed by atoms with E-state index in [1.807, 2.05) is 0 Å². The van der Waals surface area contributed by atoms with Crippen LogP contribution in [0.2, 0.25) is 0 Å². The average Bonchev–Trinajstić information content (AvgIpc) is 3.02. The predicted molar refractivity (Wildman–Crippen MR) is 103 cm³/mol. The molecule has 0 aliphatic carbocycles. The highest BCUT2D eigenvalue weighted by atomic mass is 19.1. The Bertz CT molecular complexity index is 810. The van der Waals surface area contributed by atoms with E-state index in [1.165, 1.54) is 29.8 Å². The van der Waals surface area contributed by atoms with Crippen molar-refractivity contribution < 1.29 is 13.9 Å². The van der Waals surface area contributed by atoms with Crippen molar-refractivity contribution in [2.45, 2.75) is 24.8 Å². The molecule has 0 radical (unpaired) electrons. The van der Waals surface area contributed by atoms with Crippen molar-refractivity contribution in [3.63, 3.8) is 0 Å². The van der Waals surface area contributed by atoms with Gasteiger partial charge in [0.25, 0.3) is 0 Å². The summed E-state index contributed by atoms with van der Waals surface area (Å²) in [5, 5.41) is 0. The van der Waals surface area contributed by atoms with Gasteiger partial charge in [-0.3, -0.25) is 0 Å². The second-order valence-electron chi connectivity index (χ2n) is 7.65. The van der Waals surface area contributed by atoms with Gasteiger partial charge in [-0.1, -0.05) is 12.1 Å². The van der Waals surface area contributed by atoms with Gasteiger partial charge < -0.3 is 19.3 Å². The third-order valence-corrected chi connectivity index (χ3v) is 6.07. The van der Waals surface area contributed by atoms with Crippen molar-refractivity contribution in [3.05, 3.63) is 53.8 Å². The van der Waals surface area contributed by atoms with Crippen LogP contribution in [0.1, 0.15) is 24.3 Å². The number of para-hydroxylation sites is 1. The number of piperidine rings is 1. The Morgan fingerprint density at radius 1 is 1.11 bits per heavy atom. The summed E-state index contributed by atoms with van der Waals surface area (Å²) in [4.78, 5) is 5.15. The highest BCUT2D eigenvalue weighted by Crippen LogP contribution is 2.50. The van der Waals surface area contributed by atoms with Crippen LogP contribution in [0, 0.1) is 5.82 Å². The zero-order valence-electron chi connectivity index (χ0n) is 15.4. The first-order valence-corrected chi connectivity index (χ1v) is 9.93. The summed E-state index contributed by atoms with van der Waals surface area (Å²) in [6.45, 7) is 5.75. The first-order valence-electron chi connectivity index (χ1n) is 9.93. The van der Waals surface area contributed by atoms with Crippen LogP contribution < -0.4 is 14.4 Å². The Hall–Kier alpha value is -2.27. The summed E-state index contributed by atoms with van der Waals surface area (Å²) in [5.41, 5.74) is 2.81. The van der Waals surface area contributed by atoms with Gasteiger partial charge in [0.05, 0.1) is 18.8 Å². The van der Waals surface area contributed by atoms with Gasteiger partial charge in [0.15, 0.2) is 0 Å². The molecular formula is C22H25FN2O2. The fraction of sp³-hybridized carbons (Fsp3) is 0.455. The SMILES string of the molecule is Fc1ccc(OCCCN2CCC3[C@@H](C2)c2cccc4c2N3CCO4)cc1. The lowest BCUT2D eigenvalue weighted by Crippen LogP contribution is -2.48. The standard InChI is InChI=1S/C22H25FN2O2/c23-16-5-7-17(8-6-16)26-13-2-10-24-11-9-20-19(15-24)18-3-1-4-21-22(18)25(20)12-14-27-21/h1,3-8,19-20H,2,9-15H2/t19-,20?/m0/s1. The van der Waals surface area contributed by atoms with Crippen molar-refractivity contribution in [1.82, 2.24) is 4.90 Å². The summed E-state index contributed by atoms with van der Waals surface area (Å²) in [6, 6.07) is 13.4. The van der Waals surface area contributed by atoms with Crippen LogP contribution in [-0.2, 0) is 0 Å². The summed E-state index contributed by atoms with van der Waals surface area (Å²) in [6.07, 6.45) is 2.19. The number of benzene rings is 2. The normalized spacial score (nSPS) is 23.5. The quantitative estimate of drug-likeness (QED) is 0.752. The van der Waals surface area contributed by atoms with E-state index < -0.39 is 0 Å². The van der Waals surface area contributed by atoms with Crippen LogP contribution in [-0.4, -0.2) is 50.3 Å². The smallest absolute Gasteiger partial charge is 0.142 e. The molecule has 3 heterocycles. The second kappa shape index (κ2) is 7.04. The number of likely N-dealkylation sites (tertiary alicyclic amines) is 1. The van der Waals surface area contributed by atoms with E-state index in [1.54, 1.807) is 12.1 Å². The third kappa shape index (κ3) is 3.14. The molecule has 0 bridgehead atoms. The highest BCUT2D eigenvalue weighted by molar-refractivity contribution is 5.71. The Kier molecular flexibility index (Phi) is 4.40. The molecule has 3 aliphatic rings. The molecule has 4 nitrogen and oxygen atoms in total. The molecule has 0 amide bonds. The minimum Gasteiger partial charge on any atom is -0.494 e. The van der Waals surface area contributed by atoms with E-state index in [4.69, 9.17) is 9.47 Å². The lowest BCUT2D eigenvalue weighted by molar-refractivity contribution is 0.175. The Labute approximate surface area is 159 Å². The maximum absolute atomic E-state index is 12.9. The van der Waals surface area contributed by atoms with Crippen LogP contribution in [0.15, 0.2) is 42.5 Å². The second-order valence-corrected chi connectivity index (χ2v) is 7.65. The van der Waals surface area contributed by atoms with E-state index in [0.29, 0.717) is 18.6 Å². The maximum atomic E-state index is 12.9. The maximum Gasteiger partial charge on any atom is 0.142 e. The molecule has 2 aromatic carbocycles. The average molecular weight is 368 g/mol. The zero-order valence-corrected chi connectivity index (χ0v) is 15.4. The fourth-order valence-electron chi connectivity index (χ4n) is 4.86. The van der Waals surface area contributed by atoms with Crippen molar-refractivity contribution in [2.75, 3.05) is 44.3 Å². The molecule has 0 spiro atoms. The number of halogens is 1. The molecule has 0 saturated carbocycles. The molecular weight excluding hydrogens is 343 g/mol. The monoisotopic (exact) mass is 368 g/mol. The molecule has 0 aromatic heterocycles. The summed E-state index contributed by atoms with van der Waals surface area (Å²) < 4.78 is 24.6. The van der Waals surface area contributed by atoms with E-state index in [2.05, 4.69) is 28.0 Å². The number of rotatable bonds is 5. The Balaban J connectivity index is 1.18. The first kappa shape index (κ1) is 16.9. The van der Waals surface area contributed by atoms with Gasteiger partial charge in [-0.2, -0.15) is 0 Å². The van der Waals surface area contributed by atoms with Gasteiger partial charge in [-0.05, 0) is 48.7 Å². The van der Waals surface area contributed by atoms with Crippen LogP contribution in [0.3, 0.4) is 0 Å².